The molecule has 1 aromatic carbocycles. The van der Waals surface area contributed by atoms with Gasteiger partial charge in [-0.1, -0.05) is 94.5 Å². The van der Waals surface area contributed by atoms with Crippen LogP contribution in [-0.2, 0) is 16.1 Å². The summed E-state index contributed by atoms with van der Waals surface area (Å²) < 4.78 is 5.70. The number of ether oxygens (including phenoxy) is 1. The number of carbonyl (C=O) groups is 1. The quantitative estimate of drug-likeness (QED) is 0.243. The van der Waals surface area contributed by atoms with Gasteiger partial charge >= 0.3 is 5.97 Å². The minimum absolute atomic E-state index is 0.139. The predicted molar refractivity (Wildman–Crippen MR) is 119 cm³/mol. The lowest BCUT2D eigenvalue weighted by atomic mass is 10.0. The highest BCUT2D eigenvalue weighted by Crippen LogP contribution is 2.14. The summed E-state index contributed by atoms with van der Waals surface area (Å²) in [4.78, 5) is 10.4. The van der Waals surface area contributed by atoms with Crippen LogP contribution in [0.2, 0.25) is 0 Å². The molecule has 166 valence electrons. The van der Waals surface area contributed by atoms with Gasteiger partial charge in [0.2, 0.25) is 0 Å². The van der Waals surface area contributed by atoms with Crippen LogP contribution >= 0.6 is 0 Å². The molecule has 2 N–H and O–H groups in total. The molecular weight excluding hydrogens is 364 g/mol. The predicted octanol–water partition coefficient (Wildman–Crippen LogP) is 6.50. The summed E-state index contributed by atoms with van der Waals surface area (Å²) in [6.07, 6.45) is 15.5. The number of carboxylic acid groups (broad SMARTS) is 1. The van der Waals surface area contributed by atoms with Crippen LogP contribution in [0.1, 0.15) is 102 Å². The first-order valence-electron chi connectivity index (χ1n) is 11.7. The minimum atomic E-state index is -0.688. The second-order valence-corrected chi connectivity index (χ2v) is 8.16. The Morgan fingerprint density at radius 3 is 1.86 bits per heavy atom. The fourth-order valence-corrected chi connectivity index (χ4v) is 3.56. The number of hydrogen-bond donors (Lipinski definition) is 2. The number of aliphatic hydroxyl groups is 1. The van der Waals surface area contributed by atoms with Crippen molar-refractivity contribution in [2.75, 3.05) is 6.61 Å². The number of unbranched alkanes of at least 4 members (excludes halogenated alkanes) is 10. The molecule has 0 aromatic heterocycles. The second-order valence-electron chi connectivity index (χ2n) is 8.16. The van der Waals surface area contributed by atoms with Crippen molar-refractivity contribution in [2.24, 2.45) is 0 Å². The highest BCUT2D eigenvalue weighted by Gasteiger charge is 2.04. The van der Waals surface area contributed by atoms with E-state index in [9.17, 15) is 9.90 Å². The van der Waals surface area contributed by atoms with Crippen LogP contribution in [0.4, 0.5) is 0 Å². The molecule has 4 heteroatoms. The molecule has 0 saturated carbocycles. The lowest BCUT2D eigenvalue weighted by molar-refractivity contribution is -0.137. The molecule has 0 heterocycles. The summed E-state index contributed by atoms with van der Waals surface area (Å²) >= 11 is 0. The van der Waals surface area contributed by atoms with Crippen molar-refractivity contribution in [1.82, 2.24) is 0 Å². The summed E-state index contributed by atoms with van der Waals surface area (Å²) in [7, 11) is 0. The molecule has 0 saturated heterocycles. The molecule has 0 radical (unpaired) electrons. The first-order chi connectivity index (χ1) is 14.2. The van der Waals surface area contributed by atoms with Crippen molar-refractivity contribution < 1.29 is 19.7 Å². The van der Waals surface area contributed by atoms with Gasteiger partial charge in [0.05, 0.1) is 12.7 Å². The molecule has 1 atom stereocenters. The average molecular weight is 407 g/mol. The topological polar surface area (TPSA) is 66.8 Å². The van der Waals surface area contributed by atoms with Crippen LogP contribution in [0.25, 0.3) is 0 Å². The zero-order valence-electron chi connectivity index (χ0n) is 18.2. The number of aliphatic hydroxyl groups excluding tert-OH is 1. The van der Waals surface area contributed by atoms with Crippen LogP contribution in [0, 0.1) is 0 Å². The Morgan fingerprint density at radius 1 is 0.759 bits per heavy atom. The molecule has 1 unspecified atom stereocenters. The molecule has 0 spiro atoms. The lowest BCUT2D eigenvalue weighted by Gasteiger charge is -2.10. The van der Waals surface area contributed by atoms with E-state index < -0.39 is 5.97 Å². The van der Waals surface area contributed by atoms with Gasteiger partial charge in [-0.05, 0) is 31.2 Å². The Balaban J connectivity index is 1.77. The van der Waals surface area contributed by atoms with Gasteiger partial charge in [-0.3, -0.25) is 4.79 Å². The standard InChI is InChI=1S/C25H42O4/c26-24(18-12-5-2-1-3-7-14-20-25(27)28)19-13-6-4-8-15-21-29-22-23-16-10-9-11-17-23/h9-11,16-17,24,26H,1-8,12-15,18-22H2,(H,27,28). The van der Waals surface area contributed by atoms with Gasteiger partial charge in [0.1, 0.15) is 0 Å². The summed E-state index contributed by atoms with van der Waals surface area (Å²) in [6.45, 7) is 1.54. The van der Waals surface area contributed by atoms with Crippen molar-refractivity contribution in [1.29, 1.82) is 0 Å². The molecule has 0 aliphatic heterocycles. The van der Waals surface area contributed by atoms with Crippen LogP contribution in [-0.4, -0.2) is 28.9 Å². The molecule has 0 aliphatic carbocycles. The lowest BCUT2D eigenvalue weighted by Crippen LogP contribution is -2.06. The third kappa shape index (κ3) is 17.2. The zero-order chi connectivity index (χ0) is 21.0. The van der Waals surface area contributed by atoms with E-state index in [0.29, 0.717) is 13.0 Å². The molecule has 0 fully saturated rings. The maximum Gasteiger partial charge on any atom is 0.303 e. The molecule has 1 aromatic rings. The molecule has 0 amide bonds. The first kappa shape index (κ1) is 25.6. The third-order valence-electron chi connectivity index (χ3n) is 5.37. The highest BCUT2D eigenvalue weighted by molar-refractivity contribution is 5.66. The summed E-state index contributed by atoms with van der Waals surface area (Å²) in [5.74, 6) is -0.688. The number of hydrogen-bond acceptors (Lipinski definition) is 3. The first-order valence-corrected chi connectivity index (χ1v) is 11.7. The summed E-state index contributed by atoms with van der Waals surface area (Å²) in [5.41, 5.74) is 1.23. The molecule has 29 heavy (non-hydrogen) atoms. The van der Waals surface area contributed by atoms with Crippen molar-refractivity contribution in [3.8, 4) is 0 Å². The number of benzene rings is 1. The third-order valence-corrected chi connectivity index (χ3v) is 5.37. The van der Waals surface area contributed by atoms with Gasteiger partial charge in [-0.2, -0.15) is 0 Å². The van der Waals surface area contributed by atoms with E-state index in [-0.39, 0.29) is 6.10 Å². The van der Waals surface area contributed by atoms with E-state index in [0.717, 1.165) is 58.0 Å². The van der Waals surface area contributed by atoms with Crippen molar-refractivity contribution in [2.45, 2.75) is 109 Å². The molecule has 0 aliphatic rings. The smallest absolute Gasteiger partial charge is 0.303 e. The van der Waals surface area contributed by atoms with Gasteiger partial charge in [0.15, 0.2) is 0 Å². The van der Waals surface area contributed by atoms with E-state index in [1.807, 2.05) is 18.2 Å². The van der Waals surface area contributed by atoms with Gasteiger partial charge in [-0.15, -0.1) is 0 Å². The number of carboxylic acids is 1. The molecule has 4 nitrogen and oxygen atoms in total. The average Bonchev–Trinajstić information content (AvgIpc) is 2.72. The van der Waals surface area contributed by atoms with E-state index in [1.54, 1.807) is 0 Å². The fraction of sp³-hybridized carbons (Fsp3) is 0.720. The van der Waals surface area contributed by atoms with Gasteiger partial charge in [-0.25, -0.2) is 0 Å². The Kier molecular flexibility index (Phi) is 16.5. The Hall–Kier alpha value is -1.39. The monoisotopic (exact) mass is 406 g/mol. The molecule has 0 bridgehead atoms. The summed E-state index contributed by atoms with van der Waals surface area (Å²) in [5, 5.41) is 18.7. The molecular formula is C25H42O4. The number of rotatable bonds is 20. The maximum absolute atomic E-state index is 10.4. The largest absolute Gasteiger partial charge is 0.481 e. The van der Waals surface area contributed by atoms with Crippen LogP contribution < -0.4 is 0 Å². The van der Waals surface area contributed by atoms with Crippen LogP contribution in [0.3, 0.4) is 0 Å². The normalized spacial score (nSPS) is 12.2. The van der Waals surface area contributed by atoms with E-state index >= 15 is 0 Å². The Labute approximate surface area is 177 Å². The second kappa shape index (κ2) is 18.6. The Bertz CT molecular complexity index is 489. The van der Waals surface area contributed by atoms with Crippen molar-refractivity contribution in [3.05, 3.63) is 35.9 Å². The minimum Gasteiger partial charge on any atom is -0.481 e. The van der Waals surface area contributed by atoms with E-state index in [2.05, 4.69) is 12.1 Å². The Morgan fingerprint density at radius 2 is 1.28 bits per heavy atom. The van der Waals surface area contributed by atoms with Crippen LogP contribution in [0.5, 0.6) is 0 Å². The van der Waals surface area contributed by atoms with Crippen molar-refractivity contribution >= 4 is 5.97 Å². The van der Waals surface area contributed by atoms with E-state index in [4.69, 9.17) is 9.84 Å². The van der Waals surface area contributed by atoms with E-state index in [1.165, 1.54) is 44.1 Å². The summed E-state index contributed by atoms with van der Waals surface area (Å²) in [6, 6.07) is 10.3. The van der Waals surface area contributed by atoms with Crippen LogP contribution in [0.15, 0.2) is 30.3 Å². The molecule has 1 rings (SSSR count). The number of aliphatic carboxylic acids is 1. The van der Waals surface area contributed by atoms with Gasteiger partial charge in [0.25, 0.3) is 0 Å². The zero-order valence-corrected chi connectivity index (χ0v) is 18.2. The highest BCUT2D eigenvalue weighted by atomic mass is 16.5. The SMILES string of the molecule is O=C(O)CCCCCCCCCC(O)CCCCCCCOCc1ccccc1. The fourth-order valence-electron chi connectivity index (χ4n) is 3.56. The van der Waals surface area contributed by atoms with Gasteiger partial charge in [0, 0.05) is 13.0 Å². The van der Waals surface area contributed by atoms with Crippen molar-refractivity contribution in [3.63, 3.8) is 0 Å². The van der Waals surface area contributed by atoms with Gasteiger partial charge < -0.3 is 14.9 Å². The maximum atomic E-state index is 10.4.